The fourth-order valence-electron chi connectivity index (χ4n) is 12.7. The van der Waals surface area contributed by atoms with Crippen molar-refractivity contribution in [2.75, 3.05) is 0 Å². The Kier molecular flexibility index (Phi) is 10.2. The van der Waals surface area contributed by atoms with Gasteiger partial charge in [-0.25, -0.2) is 0 Å². The second kappa shape index (κ2) is 17.7. The lowest BCUT2D eigenvalue weighted by Gasteiger charge is -2.34. The van der Waals surface area contributed by atoms with E-state index < -0.39 is 8.07 Å². The van der Waals surface area contributed by atoms with E-state index in [1.807, 2.05) is 0 Å². The van der Waals surface area contributed by atoms with Gasteiger partial charge >= 0.3 is 0 Å². The molecule has 0 bridgehead atoms. The van der Waals surface area contributed by atoms with E-state index in [9.17, 15) is 0 Å². The summed E-state index contributed by atoms with van der Waals surface area (Å²) in [6.45, 7) is 0. The molecule has 4 heteroatoms. The SMILES string of the molecule is c1ccc(-c2cc(-n3c4ccccc4c4ccccc43)cc(-n3c4ccccc4c4c(-n5c6ccc(-c7ccccc7)cc6c6cc([Si](c7ccccc7)(c7ccccc7)c7ccccc7)ccc65)cccc43)c2)cc1. The van der Waals surface area contributed by atoms with Crippen LogP contribution in [0.3, 0.4) is 0 Å². The Morgan fingerprint density at radius 3 is 1.17 bits per heavy atom. The molecule has 76 heavy (non-hydrogen) atoms. The van der Waals surface area contributed by atoms with Crippen molar-refractivity contribution in [2.24, 2.45) is 0 Å². The van der Waals surface area contributed by atoms with Crippen LogP contribution in [0, 0.1) is 0 Å². The second-order valence-corrected chi connectivity index (χ2v) is 23.8. The van der Waals surface area contributed by atoms with E-state index in [1.165, 1.54) is 91.8 Å². The molecule has 3 heterocycles. The smallest absolute Gasteiger partial charge is 0.179 e. The molecule has 0 saturated carbocycles. The van der Waals surface area contributed by atoms with Gasteiger partial charge in [-0.05, 0) is 110 Å². The van der Waals surface area contributed by atoms with Crippen molar-refractivity contribution in [3.8, 4) is 39.3 Å². The lowest BCUT2D eigenvalue weighted by molar-refractivity contribution is 1.13. The molecule has 0 fully saturated rings. The second-order valence-electron chi connectivity index (χ2n) is 20.0. The quantitative estimate of drug-likeness (QED) is 0.101. The van der Waals surface area contributed by atoms with E-state index in [1.54, 1.807) is 0 Å². The molecule has 3 aromatic heterocycles. The highest BCUT2D eigenvalue weighted by atomic mass is 28.3. The first kappa shape index (κ1) is 43.8. The molecule has 356 valence electrons. The number of benzene rings is 12. The fraction of sp³-hybridized carbons (Fsp3) is 0. The lowest BCUT2D eigenvalue weighted by atomic mass is 10.0. The minimum atomic E-state index is -2.87. The van der Waals surface area contributed by atoms with E-state index in [4.69, 9.17) is 0 Å². The Morgan fingerprint density at radius 1 is 0.211 bits per heavy atom. The summed E-state index contributed by atoms with van der Waals surface area (Å²) < 4.78 is 7.49. The molecule has 0 atom stereocenters. The highest BCUT2D eigenvalue weighted by Crippen LogP contribution is 2.42. The zero-order valence-electron chi connectivity index (χ0n) is 41.6. The van der Waals surface area contributed by atoms with Crippen molar-refractivity contribution in [1.82, 2.24) is 13.7 Å². The minimum Gasteiger partial charge on any atom is -0.309 e. The third kappa shape index (κ3) is 6.74. The van der Waals surface area contributed by atoms with Crippen LogP contribution in [0.5, 0.6) is 0 Å². The molecule has 15 aromatic rings. The summed E-state index contributed by atoms with van der Waals surface area (Å²) >= 11 is 0. The Morgan fingerprint density at radius 2 is 0.618 bits per heavy atom. The Bertz CT molecular complexity index is 4520. The first-order valence-corrected chi connectivity index (χ1v) is 28.3. The molecule has 0 aliphatic carbocycles. The Labute approximate surface area is 442 Å². The summed E-state index contributed by atoms with van der Waals surface area (Å²) in [5, 5.41) is 12.8. The van der Waals surface area contributed by atoms with Gasteiger partial charge in [0.25, 0.3) is 0 Å². The van der Waals surface area contributed by atoms with Crippen LogP contribution in [0.15, 0.2) is 297 Å². The topological polar surface area (TPSA) is 14.8 Å². The van der Waals surface area contributed by atoms with Crippen molar-refractivity contribution in [3.63, 3.8) is 0 Å². The van der Waals surface area contributed by atoms with Gasteiger partial charge in [-0.2, -0.15) is 0 Å². The maximum absolute atomic E-state index is 2.87. The van der Waals surface area contributed by atoms with Gasteiger partial charge in [0, 0.05) is 43.7 Å². The largest absolute Gasteiger partial charge is 0.309 e. The van der Waals surface area contributed by atoms with Crippen LogP contribution in [0.1, 0.15) is 0 Å². The summed E-state index contributed by atoms with van der Waals surface area (Å²) in [7, 11) is -2.87. The third-order valence-electron chi connectivity index (χ3n) is 15.9. The van der Waals surface area contributed by atoms with Crippen molar-refractivity contribution in [3.05, 3.63) is 297 Å². The average molecular weight is 984 g/mol. The molecule has 15 rings (SSSR count). The number of hydrogen-bond donors (Lipinski definition) is 0. The molecule has 0 aliphatic rings. The molecule has 0 amide bonds. The van der Waals surface area contributed by atoms with Gasteiger partial charge in [-0.3, -0.25) is 0 Å². The van der Waals surface area contributed by atoms with Gasteiger partial charge in [0.15, 0.2) is 8.07 Å². The van der Waals surface area contributed by atoms with Crippen LogP contribution in [0.2, 0.25) is 0 Å². The van der Waals surface area contributed by atoms with Gasteiger partial charge in [0.2, 0.25) is 0 Å². The number of hydrogen-bond acceptors (Lipinski definition) is 0. The predicted molar refractivity (Wildman–Crippen MR) is 324 cm³/mol. The number of aromatic nitrogens is 3. The lowest BCUT2D eigenvalue weighted by Crippen LogP contribution is -2.74. The zero-order chi connectivity index (χ0) is 50.2. The normalized spacial score (nSPS) is 11.9. The van der Waals surface area contributed by atoms with E-state index in [0.29, 0.717) is 0 Å². The summed E-state index contributed by atoms with van der Waals surface area (Å²) in [5.41, 5.74) is 15.1. The van der Waals surface area contributed by atoms with Crippen molar-refractivity contribution < 1.29 is 0 Å². The summed E-state index contributed by atoms with van der Waals surface area (Å²) in [6, 6.07) is 111. The van der Waals surface area contributed by atoms with Crippen LogP contribution in [-0.2, 0) is 0 Å². The fourth-order valence-corrected chi connectivity index (χ4v) is 17.5. The van der Waals surface area contributed by atoms with Crippen molar-refractivity contribution in [1.29, 1.82) is 0 Å². The van der Waals surface area contributed by atoms with Gasteiger partial charge in [0.05, 0.1) is 38.8 Å². The highest BCUT2D eigenvalue weighted by molar-refractivity contribution is 7.20. The minimum absolute atomic E-state index is 1.10. The maximum Gasteiger partial charge on any atom is 0.179 e. The molecular formula is C72H49N3Si. The molecule has 0 N–H and O–H groups in total. The molecule has 12 aromatic carbocycles. The molecule has 0 radical (unpaired) electrons. The van der Waals surface area contributed by atoms with E-state index in [-0.39, 0.29) is 0 Å². The standard InChI is InChI=1S/C72H49N3Si/c1-6-23-50(24-7-1)52-41-43-68-63(47-52)64-49-59(76(56-27-10-3-11-28-56,57-29-12-4-13-30-57)58-31-14-5-15-32-58)42-44-69(64)75(68)71-40-22-39-70-72(71)62-35-18-21-38-67(62)74(70)55-46-53(51-25-8-2-9-26-51)45-54(48-55)73-65-36-19-16-33-60(65)61-34-17-20-37-66(61)73/h1-49H. The van der Waals surface area contributed by atoms with Crippen molar-refractivity contribution >= 4 is 94.2 Å². The summed E-state index contributed by atoms with van der Waals surface area (Å²) in [4.78, 5) is 0. The zero-order valence-corrected chi connectivity index (χ0v) is 42.6. The van der Waals surface area contributed by atoms with Crippen LogP contribution in [-0.4, -0.2) is 21.8 Å². The van der Waals surface area contributed by atoms with E-state index in [0.717, 1.165) is 33.7 Å². The Hall–Kier alpha value is -9.74. The third-order valence-corrected chi connectivity index (χ3v) is 20.7. The summed E-state index contributed by atoms with van der Waals surface area (Å²) in [5.74, 6) is 0. The number of rotatable bonds is 9. The van der Waals surface area contributed by atoms with E-state index in [2.05, 4.69) is 311 Å². The van der Waals surface area contributed by atoms with Crippen LogP contribution >= 0.6 is 0 Å². The van der Waals surface area contributed by atoms with Crippen LogP contribution in [0.4, 0.5) is 0 Å². The molecular weight excluding hydrogens is 935 g/mol. The van der Waals surface area contributed by atoms with E-state index >= 15 is 0 Å². The summed E-state index contributed by atoms with van der Waals surface area (Å²) in [6.07, 6.45) is 0. The number of para-hydroxylation sites is 3. The highest BCUT2D eigenvalue weighted by Gasteiger charge is 2.41. The molecule has 3 nitrogen and oxygen atoms in total. The van der Waals surface area contributed by atoms with Crippen LogP contribution < -0.4 is 20.7 Å². The van der Waals surface area contributed by atoms with Gasteiger partial charge < -0.3 is 13.7 Å². The molecule has 0 aliphatic heterocycles. The van der Waals surface area contributed by atoms with Gasteiger partial charge in [0.1, 0.15) is 0 Å². The maximum atomic E-state index is 2.55. The first-order chi connectivity index (χ1) is 37.7. The Balaban J connectivity index is 1.02. The van der Waals surface area contributed by atoms with Gasteiger partial charge in [-0.15, -0.1) is 0 Å². The number of nitrogens with zero attached hydrogens (tertiary/aromatic N) is 3. The predicted octanol–water partition coefficient (Wildman–Crippen LogP) is 15.7. The van der Waals surface area contributed by atoms with Crippen molar-refractivity contribution in [2.45, 2.75) is 0 Å². The van der Waals surface area contributed by atoms with Gasteiger partial charge in [-0.1, -0.05) is 231 Å². The molecule has 0 spiro atoms. The van der Waals surface area contributed by atoms with Crippen LogP contribution in [0.25, 0.3) is 105 Å². The monoisotopic (exact) mass is 983 g/mol. The molecule has 0 unspecified atom stereocenters. The average Bonchev–Trinajstić information content (AvgIpc) is 4.18. The number of fused-ring (bicyclic) bond motifs is 9. The molecule has 0 saturated heterocycles. The first-order valence-electron chi connectivity index (χ1n) is 26.3.